The third-order valence-corrected chi connectivity index (χ3v) is 2.14. The molecule has 0 aliphatic rings. The Balaban J connectivity index is 3.53. The minimum absolute atomic E-state index is 1.19. The molecule has 0 aliphatic carbocycles. The van der Waals surface area contributed by atoms with Crippen LogP contribution in [0.1, 0.15) is 26.2 Å². The second-order valence-corrected chi connectivity index (χ2v) is 3.04. The fraction of sp³-hybridized carbons (Fsp3) is 0.556. The molecule has 0 N–H and O–H groups in total. The van der Waals surface area contributed by atoms with Crippen LogP contribution in [0.3, 0.4) is 0 Å². The van der Waals surface area contributed by atoms with Gasteiger partial charge in [-0.3, -0.25) is 0 Å². The Morgan fingerprint density at radius 1 is 1.60 bits per heavy atom. The van der Waals surface area contributed by atoms with Crippen molar-refractivity contribution in [3.63, 3.8) is 0 Å². The normalized spacial score (nSPS) is 11.6. The van der Waals surface area contributed by atoms with Crippen LogP contribution in [0, 0.1) is 0 Å². The van der Waals surface area contributed by atoms with Crippen LogP contribution in [0.15, 0.2) is 23.6 Å². The maximum atomic E-state index is 3.72. The summed E-state index contributed by atoms with van der Waals surface area (Å²) in [6.07, 6.45) is 10.0. The molecule has 0 heterocycles. The lowest BCUT2D eigenvalue weighted by Crippen LogP contribution is -1.70. The highest BCUT2D eigenvalue weighted by Crippen LogP contribution is 2.13. The van der Waals surface area contributed by atoms with Gasteiger partial charge in [-0.1, -0.05) is 38.5 Å². The van der Waals surface area contributed by atoms with Crippen molar-refractivity contribution in [1.82, 2.24) is 0 Å². The smallest absolute Gasteiger partial charge is 0.00233 e. The van der Waals surface area contributed by atoms with Crippen molar-refractivity contribution >= 4 is 11.8 Å². The molecule has 0 amide bonds. The van der Waals surface area contributed by atoms with E-state index in [0.29, 0.717) is 0 Å². The molecular weight excluding hydrogens is 140 g/mol. The minimum atomic E-state index is 1.19. The van der Waals surface area contributed by atoms with E-state index in [-0.39, 0.29) is 0 Å². The molecule has 0 radical (unpaired) electrons. The molecule has 0 aliphatic heterocycles. The SMILES string of the molecule is C=C/C(=C\CCCC)SC. The fourth-order valence-electron chi connectivity index (χ4n) is 0.698. The van der Waals surface area contributed by atoms with Crippen LogP contribution in [0.25, 0.3) is 0 Å². The van der Waals surface area contributed by atoms with Gasteiger partial charge in [-0.2, -0.15) is 0 Å². The van der Waals surface area contributed by atoms with Crippen LogP contribution >= 0.6 is 11.8 Å². The molecule has 58 valence electrons. The van der Waals surface area contributed by atoms with Gasteiger partial charge in [0.25, 0.3) is 0 Å². The summed E-state index contributed by atoms with van der Waals surface area (Å²) >= 11 is 1.76. The first-order valence-corrected chi connectivity index (χ1v) is 4.94. The zero-order valence-electron chi connectivity index (χ0n) is 6.89. The van der Waals surface area contributed by atoms with Crippen molar-refractivity contribution < 1.29 is 0 Å². The predicted octanol–water partition coefficient (Wildman–Crippen LogP) is 3.61. The average Bonchev–Trinajstić information content (AvgIpc) is 1.99. The molecule has 0 aromatic heterocycles. The summed E-state index contributed by atoms with van der Waals surface area (Å²) in [6.45, 7) is 5.93. The molecule has 0 saturated carbocycles. The quantitative estimate of drug-likeness (QED) is 0.433. The summed E-state index contributed by atoms with van der Waals surface area (Å²) in [6, 6.07) is 0. The minimum Gasteiger partial charge on any atom is -0.130 e. The number of hydrogen-bond donors (Lipinski definition) is 0. The number of thioether (sulfide) groups is 1. The van der Waals surface area contributed by atoms with Gasteiger partial charge < -0.3 is 0 Å². The van der Waals surface area contributed by atoms with Crippen molar-refractivity contribution in [2.75, 3.05) is 6.26 Å². The van der Waals surface area contributed by atoms with Crippen molar-refractivity contribution in [1.29, 1.82) is 0 Å². The lowest BCUT2D eigenvalue weighted by Gasteiger charge is -1.94. The van der Waals surface area contributed by atoms with E-state index < -0.39 is 0 Å². The van der Waals surface area contributed by atoms with Crippen LogP contribution in [0.2, 0.25) is 0 Å². The average molecular weight is 156 g/mol. The van der Waals surface area contributed by atoms with Gasteiger partial charge in [0, 0.05) is 4.91 Å². The molecule has 0 saturated heterocycles. The molecule has 0 spiro atoms. The lowest BCUT2D eigenvalue weighted by atomic mass is 10.2. The topological polar surface area (TPSA) is 0 Å². The molecule has 0 unspecified atom stereocenters. The van der Waals surface area contributed by atoms with E-state index in [9.17, 15) is 0 Å². The van der Waals surface area contributed by atoms with E-state index in [1.807, 2.05) is 6.08 Å². The zero-order chi connectivity index (χ0) is 7.82. The van der Waals surface area contributed by atoms with Gasteiger partial charge in [0.1, 0.15) is 0 Å². The first-order chi connectivity index (χ1) is 4.85. The Hall–Kier alpha value is -0.170. The Labute approximate surface area is 68.4 Å². The van der Waals surface area contributed by atoms with Crippen molar-refractivity contribution in [3.8, 4) is 0 Å². The van der Waals surface area contributed by atoms with Gasteiger partial charge in [-0.25, -0.2) is 0 Å². The van der Waals surface area contributed by atoms with Gasteiger partial charge in [-0.15, -0.1) is 11.8 Å². The van der Waals surface area contributed by atoms with Crippen molar-refractivity contribution in [2.45, 2.75) is 26.2 Å². The number of allylic oxidation sites excluding steroid dienone is 2. The summed E-state index contributed by atoms with van der Waals surface area (Å²) in [7, 11) is 0. The summed E-state index contributed by atoms with van der Waals surface area (Å²) in [5.41, 5.74) is 0. The first kappa shape index (κ1) is 9.83. The Morgan fingerprint density at radius 2 is 2.30 bits per heavy atom. The van der Waals surface area contributed by atoms with Crippen LogP contribution in [0.5, 0.6) is 0 Å². The number of rotatable bonds is 5. The van der Waals surface area contributed by atoms with E-state index >= 15 is 0 Å². The highest BCUT2D eigenvalue weighted by Gasteiger charge is 1.85. The van der Waals surface area contributed by atoms with Gasteiger partial charge in [0.05, 0.1) is 0 Å². The van der Waals surface area contributed by atoms with Crippen LogP contribution < -0.4 is 0 Å². The van der Waals surface area contributed by atoms with Gasteiger partial charge >= 0.3 is 0 Å². The molecule has 0 aromatic carbocycles. The van der Waals surface area contributed by atoms with E-state index in [1.165, 1.54) is 24.2 Å². The zero-order valence-corrected chi connectivity index (χ0v) is 7.71. The standard InChI is InChI=1S/C9H16S/c1-4-6-7-8-9(5-2)10-3/h5,8H,2,4,6-7H2,1,3H3/b9-8+. The monoisotopic (exact) mass is 156 g/mol. The highest BCUT2D eigenvalue weighted by molar-refractivity contribution is 8.02. The number of unbranched alkanes of at least 4 members (excludes halogenated alkanes) is 2. The molecule has 0 aromatic rings. The summed E-state index contributed by atoms with van der Waals surface area (Å²) in [4.78, 5) is 1.30. The fourth-order valence-corrected chi connectivity index (χ4v) is 1.15. The second kappa shape index (κ2) is 6.94. The van der Waals surface area contributed by atoms with Gasteiger partial charge in [0.15, 0.2) is 0 Å². The molecule has 0 nitrogen and oxygen atoms in total. The van der Waals surface area contributed by atoms with E-state index in [1.54, 1.807) is 11.8 Å². The first-order valence-electron chi connectivity index (χ1n) is 3.71. The van der Waals surface area contributed by atoms with Gasteiger partial charge in [0.2, 0.25) is 0 Å². The Kier molecular flexibility index (Phi) is 6.83. The largest absolute Gasteiger partial charge is 0.130 e. The van der Waals surface area contributed by atoms with E-state index in [2.05, 4.69) is 25.8 Å². The summed E-state index contributed by atoms with van der Waals surface area (Å²) in [5.74, 6) is 0. The van der Waals surface area contributed by atoms with Crippen molar-refractivity contribution in [3.05, 3.63) is 23.6 Å². The Morgan fingerprint density at radius 3 is 2.70 bits per heavy atom. The third-order valence-electron chi connectivity index (χ3n) is 1.34. The maximum Gasteiger partial charge on any atom is 0.00233 e. The Bertz CT molecular complexity index is 114. The van der Waals surface area contributed by atoms with E-state index in [4.69, 9.17) is 0 Å². The molecule has 10 heavy (non-hydrogen) atoms. The van der Waals surface area contributed by atoms with Crippen LogP contribution in [-0.4, -0.2) is 6.26 Å². The number of hydrogen-bond acceptors (Lipinski definition) is 1. The van der Waals surface area contributed by atoms with Crippen molar-refractivity contribution in [2.24, 2.45) is 0 Å². The highest BCUT2D eigenvalue weighted by atomic mass is 32.2. The molecule has 0 rings (SSSR count). The molecule has 0 bridgehead atoms. The van der Waals surface area contributed by atoms with Gasteiger partial charge in [-0.05, 0) is 12.7 Å². The third kappa shape index (κ3) is 4.68. The molecule has 0 fully saturated rings. The summed E-state index contributed by atoms with van der Waals surface area (Å²) in [5, 5.41) is 0. The molecular formula is C9H16S. The second-order valence-electron chi connectivity index (χ2n) is 2.16. The summed E-state index contributed by atoms with van der Waals surface area (Å²) < 4.78 is 0. The lowest BCUT2D eigenvalue weighted by molar-refractivity contribution is 0.814. The van der Waals surface area contributed by atoms with Crippen LogP contribution in [-0.2, 0) is 0 Å². The molecule has 0 atom stereocenters. The maximum absolute atomic E-state index is 3.72. The molecule has 1 heteroatoms. The van der Waals surface area contributed by atoms with Crippen LogP contribution in [0.4, 0.5) is 0 Å². The van der Waals surface area contributed by atoms with E-state index in [0.717, 1.165) is 0 Å². The predicted molar refractivity (Wildman–Crippen MR) is 51.3 cm³/mol.